The van der Waals surface area contributed by atoms with Crippen LogP contribution in [0, 0.1) is 12.8 Å². The fourth-order valence-electron chi connectivity index (χ4n) is 2.56. The van der Waals surface area contributed by atoms with E-state index in [2.05, 4.69) is 4.98 Å². The molecule has 1 aromatic heterocycles. The first-order chi connectivity index (χ1) is 10.6. The standard InChI is InChI=1S/C16H18N2O4/c1-11-2-3-13(9-17-11)22-14-8-15(19)18(16(14)20)10-12-4-6-21-7-5-12/h2-3,8-9,12H,4-7,10H2,1H3. The summed E-state index contributed by atoms with van der Waals surface area (Å²) in [6, 6.07) is 3.51. The second-order valence-corrected chi connectivity index (χ2v) is 5.56. The van der Waals surface area contributed by atoms with Gasteiger partial charge in [-0.15, -0.1) is 0 Å². The molecule has 0 unspecified atom stereocenters. The highest BCUT2D eigenvalue weighted by atomic mass is 16.5. The van der Waals surface area contributed by atoms with Gasteiger partial charge in [-0.3, -0.25) is 19.5 Å². The summed E-state index contributed by atoms with van der Waals surface area (Å²) >= 11 is 0. The number of ether oxygens (including phenoxy) is 2. The molecule has 0 radical (unpaired) electrons. The molecule has 0 aliphatic carbocycles. The highest BCUT2D eigenvalue weighted by molar-refractivity contribution is 6.15. The summed E-state index contributed by atoms with van der Waals surface area (Å²) in [5.74, 6) is 0.118. The van der Waals surface area contributed by atoms with Crippen molar-refractivity contribution in [3.05, 3.63) is 35.9 Å². The van der Waals surface area contributed by atoms with Crippen molar-refractivity contribution in [3.8, 4) is 5.75 Å². The van der Waals surface area contributed by atoms with Crippen molar-refractivity contribution in [1.82, 2.24) is 9.88 Å². The van der Waals surface area contributed by atoms with Crippen LogP contribution in [0.15, 0.2) is 30.2 Å². The first-order valence-corrected chi connectivity index (χ1v) is 7.39. The molecule has 22 heavy (non-hydrogen) atoms. The van der Waals surface area contributed by atoms with Crippen LogP contribution in [0.25, 0.3) is 0 Å². The van der Waals surface area contributed by atoms with Crippen LogP contribution in [-0.4, -0.2) is 41.5 Å². The van der Waals surface area contributed by atoms with E-state index in [0.29, 0.717) is 31.4 Å². The van der Waals surface area contributed by atoms with Gasteiger partial charge in [0.05, 0.1) is 12.3 Å². The van der Waals surface area contributed by atoms with Crippen molar-refractivity contribution < 1.29 is 19.1 Å². The zero-order valence-electron chi connectivity index (χ0n) is 12.4. The quantitative estimate of drug-likeness (QED) is 0.787. The minimum atomic E-state index is -0.378. The van der Waals surface area contributed by atoms with E-state index in [4.69, 9.17) is 9.47 Å². The van der Waals surface area contributed by atoms with Gasteiger partial charge in [0.1, 0.15) is 5.75 Å². The minimum Gasteiger partial charge on any atom is -0.450 e. The van der Waals surface area contributed by atoms with Gasteiger partial charge in [-0.05, 0) is 37.8 Å². The van der Waals surface area contributed by atoms with Crippen LogP contribution >= 0.6 is 0 Å². The second kappa shape index (κ2) is 6.27. The van der Waals surface area contributed by atoms with E-state index < -0.39 is 0 Å². The molecule has 0 bridgehead atoms. The van der Waals surface area contributed by atoms with Crippen molar-refractivity contribution in [2.75, 3.05) is 19.8 Å². The molecule has 116 valence electrons. The zero-order chi connectivity index (χ0) is 15.5. The van der Waals surface area contributed by atoms with Crippen LogP contribution in [0.1, 0.15) is 18.5 Å². The maximum atomic E-state index is 12.3. The molecular formula is C16H18N2O4. The molecule has 1 saturated heterocycles. The van der Waals surface area contributed by atoms with Crippen LogP contribution in [0.2, 0.25) is 0 Å². The summed E-state index contributed by atoms with van der Waals surface area (Å²) in [6.07, 6.45) is 4.53. The Bertz CT molecular complexity index is 603. The fourth-order valence-corrected chi connectivity index (χ4v) is 2.56. The molecule has 6 heteroatoms. The van der Waals surface area contributed by atoms with Crippen LogP contribution in [0.3, 0.4) is 0 Å². The number of pyridine rings is 1. The molecule has 0 saturated carbocycles. The lowest BCUT2D eigenvalue weighted by Crippen LogP contribution is -2.37. The molecule has 0 atom stereocenters. The molecule has 3 heterocycles. The SMILES string of the molecule is Cc1ccc(OC2=CC(=O)N(CC3CCOCC3)C2=O)cn1. The Hall–Kier alpha value is -2.21. The van der Waals surface area contributed by atoms with Crippen LogP contribution in [0.4, 0.5) is 0 Å². The number of nitrogens with zero attached hydrogens (tertiary/aromatic N) is 2. The van der Waals surface area contributed by atoms with E-state index in [9.17, 15) is 9.59 Å². The number of rotatable bonds is 4. The number of carbonyl (C=O) groups is 2. The largest absolute Gasteiger partial charge is 0.450 e. The molecule has 6 nitrogen and oxygen atoms in total. The van der Waals surface area contributed by atoms with E-state index in [-0.39, 0.29) is 17.6 Å². The van der Waals surface area contributed by atoms with Gasteiger partial charge in [0.25, 0.3) is 11.8 Å². The normalized spacial score (nSPS) is 19.5. The predicted octanol–water partition coefficient (Wildman–Crippen LogP) is 1.45. The summed E-state index contributed by atoms with van der Waals surface area (Å²) in [5, 5.41) is 0. The number of amides is 2. The third-order valence-electron chi connectivity index (χ3n) is 3.87. The Balaban J connectivity index is 1.64. The minimum absolute atomic E-state index is 0.0581. The number of imide groups is 1. The topological polar surface area (TPSA) is 68.7 Å². The van der Waals surface area contributed by atoms with Gasteiger partial charge in [0, 0.05) is 25.5 Å². The first-order valence-electron chi connectivity index (χ1n) is 7.39. The number of hydrogen-bond acceptors (Lipinski definition) is 5. The molecule has 3 rings (SSSR count). The lowest BCUT2D eigenvalue weighted by molar-refractivity contribution is -0.139. The average Bonchev–Trinajstić information content (AvgIpc) is 2.78. The molecule has 2 amide bonds. The van der Waals surface area contributed by atoms with Gasteiger partial charge in [-0.1, -0.05) is 0 Å². The molecule has 0 aromatic carbocycles. The monoisotopic (exact) mass is 302 g/mol. The van der Waals surface area contributed by atoms with E-state index in [1.54, 1.807) is 12.1 Å². The third kappa shape index (κ3) is 3.17. The van der Waals surface area contributed by atoms with Crippen molar-refractivity contribution in [2.24, 2.45) is 5.92 Å². The van der Waals surface area contributed by atoms with Gasteiger partial charge in [0.2, 0.25) is 0 Å². The summed E-state index contributed by atoms with van der Waals surface area (Å²) in [7, 11) is 0. The maximum absolute atomic E-state index is 12.3. The van der Waals surface area contributed by atoms with Gasteiger partial charge < -0.3 is 9.47 Å². The summed E-state index contributed by atoms with van der Waals surface area (Å²) < 4.78 is 10.8. The van der Waals surface area contributed by atoms with E-state index in [1.807, 2.05) is 6.92 Å². The van der Waals surface area contributed by atoms with E-state index in [0.717, 1.165) is 18.5 Å². The van der Waals surface area contributed by atoms with Gasteiger partial charge in [-0.2, -0.15) is 0 Å². The predicted molar refractivity (Wildman–Crippen MR) is 77.9 cm³/mol. The van der Waals surface area contributed by atoms with Crippen molar-refractivity contribution in [1.29, 1.82) is 0 Å². The van der Waals surface area contributed by atoms with Crippen molar-refractivity contribution >= 4 is 11.8 Å². The number of aryl methyl sites for hydroxylation is 1. The van der Waals surface area contributed by atoms with E-state index >= 15 is 0 Å². The first kappa shape index (κ1) is 14.7. The highest BCUT2D eigenvalue weighted by Crippen LogP contribution is 2.22. The Kier molecular flexibility index (Phi) is 4.20. The average molecular weight is 302 g/mol. The summed E-state index contributed by atoms with van der Waals surface area (Å²) in [6.45, 7) is 3.67. The summed E-state index contributed by atoms with van der Waals surface area (Å²) in [5.41, 5.74) is 0.858. The molecular weight excluding hydrogens is 284 g/mol. The lowest BCUT2D eigenvalue weighted by Gasteiger charge is -2.25. The highest BCUT2D eigenvalue weighted by Gasteiger charge is 2.34. The molecule has 0 spiro atoms. The maximum Gasteiger partial charge on any atom is 0.296 e. The summed E-state index contributed by atoms with van der Waals surface area (Å²) in [4.78, 5) is 29.7. The Labute approximate surface area is 128 Å². The molecule has 0 N–H and O–H groups in total. The van der Waals surface area contributed by atoms with Gasteiger partial charge in [-0.25, -0.2) is 0 Å². The fraction of sp³-hybridized carbons (Fsp3) is 0.438. The smallest absolute Gasteiger partial charge is 0.296 e. The van der Waals surface area contributed by atoms with Gasteiger partial charge in [0.15, 0.2) is 5.76 Å². The number of hydrogen-bond donors (Lipinski definition) is 0. The Morgan fingerprint density at radius 2 is 2.09 bits per heavy atom. The second-order valence-electron chi connectivity index (χ2n) is 5.56. The lowest BCUT2D eigenvalue weighted by atomic mass is 10.00. The Morgan fingerprint density at radius 1 is 1.32 bits per heavy atom. The van der Waals surface area contributed by atoms with Crippen molar-refractivity contribution in [2.45, 2.75) is 19.8 Å². The molecule has 2 aliphatic heterocycles. The van der Waals surface area contributed by atoms with Crippen LogP contribution in [0.5, 0.6) is 5.75 Å². The van der Waals surface area contributed by atoms with Crippen molar-refractivity contribution in [3.63, 3.8) is 0 Å². The molecule has 2 aliphatic rings. The van der Waals surface area contributed by atoms with Crippen LogP contribution in [-0.2, 0) is 14.3 Å². The zero-order valence-corrected chi connectivity index (χ0v) is 12.4. The Morgan fingerprint density at radius 3 is 2.77 bits per heavy atom. The molecule has 1 aromatic rings. The van der Waals surface area contributed by atoms with Crippen LogP contribution < -0.4 is 4.74 Å². The van der Waals surface area contributed by atoms with E-state index in [1.165, 1.54) is 17.2 Å². The third-order valence-corrected chi connectivity index (χ3v) is 3.87. The number of aromatic nitrogens is 1. The van der Waals surface area contributed by atoms with Gasteiger partial charge >= 0.3 is 0 Å². The molecule has 1 fully saturated rings. The number of carbonyl (C=O) groups excluding carboxylic acids is 2.